The van der Waals surface area contributed by atoms with E-state index in [9.17, 15) is 39.6 Å². The van der Waals surface area contributed by atoms with Crippen molar-refractivity contribution < 1.29 is 53.3 Å². The molecule has 0 aliphatic carbocycles. The smallest absolute Gasteiger partial charge is 0.454 e. The second kappa shape index (κ2) is 12.1. The lowest BCUT2D eigenvalue weighted by Gasteiger charge is -2.12. The molecule has 0 bridgehead atoms. The molecular weight excluding hydrogens is 520 g/mol. The maximum absolute atomic E-state index is 13.3. The number of Topliss-reactive ketones (excluding diaryl/α,β-unsaturated/α-hetero) is 1. The molecule has 2 aromatic carbocycles. The van der Waals surface area contributed by atoms with Gasteiger partial charge >= 0.3 is 22.5 Å². The molecule has 0 spiro atoms. The Bertz CT molecular complexity index is 1140. The Balaban J connectivity index is 1.87. The monoisotopic (exact) mass is 541 g/mol. The second-order valence-electron chi connectivity index (χ2n) is 7.20. The van der Waals surface area contributed by atoms with Gasteiger partial charge in [-0.15, -0.1) is 0 Å². The third kappa shape index (κ3) is 9.06. The van der Waals surface area contributed by atoms with E-state index in [4.69, 9.17) is 9.47 Å². The fraction of sp³-hybridized carbons (Fsp3) is 0.364. The molecule has 0 saturated carbocycles. The lowest BCUT2D eigenvalue weighted by atomic mass is 10.1. The Morgan fingerprint density at radius 1 is 0.806 bits per heavy atom. The summed E-state index contributed by atoms with van der Waals surface area (Å²) in [6.07, 6.45) is -9.48. The Morgan fingerprint density at radius 3 is 1.69 bits per heavy atom. The van der Waals surface area contributed by atoms with Gasteiger partial charge in [0.1, 0.15) is 11.5 Å². The summed E-state index contributed by atoms with van der Waals surface area (Å²) in [7, 11) is -4.24. The molecular formula is C22H21F6NO6S. The van der Waals surface area contributed by atoms with Crippen molar-refractivity contribution in [1.29, 1.82) is 0 Å². The largest absolute Gasteiger partial charge is 0.493 e. The lowest BCUT2D eigenvalue weighted by molar-refractivity contribution is -0.0885. The SMILES string of the molecule is CCCS(=O)(=O)ON=C(c1ccc(OCCCOc2ccc(C(=O)C(F)(F)F)cc2)cc1)C(F)(F)F. The zero-order valence-electron chi connectivity index (χ0n) is 18.7. The number of ketones is 1. The van der Waals surface area contributed by atoms with Crippen LogP contribution in [-0.2, 0) is 14.4 Å². The second-order valence-corrected chi connectivity index (χ2v) is 8.87. The van der Waals surface area contributed by atoms with E-state index in [0.717, 1.165) is 24.3 Å². The van der Waals surface area contributed by atoms with Crippen LogP contribution >= 0.6 is 0 Å². The third-order valence-electron chi connectivity index (χ3n) is 4.29. The first kappa shape index (κ1) is 28.9. The van der Waals surface area contributed by atoms with Crippen molar-refractivity contribution in [2.45, 2.75) is 32.1 Å². The minimum atomic E-state index is -4.97. The van der Waals surface area contributed by atoms with Crippen molar-refractivity contribution in [3.05, 3.63) is 59.7 Å². The summed E-state index contributed by atoms with van der Waals surface area (Å²) in [5, 5.41) is 2.80. The van der Waals surface area contributed by atoms with Crippen LogP contribution in [0, 0.1) is 0 Å². The number of halogens is 6. The molecule has 0 aliphatic heterocycles. The molecule has 0 unspecified atom stereocenters. The van der Waals surface area contributed by atoms with Gasteiger partial charge in [0, 0.05) is 17.5 Å². The summed E-state index contributed by atoms with van der Waals surface area (Å²) in [5.41, 5.74) is -2.48. The van der Waals surface area contributed by atoms with Gasteiger partial charge in [-0.3, -0.25) is 9.08 Å². The highest BCUT2D eigenvalue weighted by molar-refractivity contribution is 7.86. The molecule has 2 rings (SSSR count). The van der Waals surface area contributed by atoms with Crippen LogP contribution in [0.15, 0.2) is 53.7 Å². The van der Waals surface area contributed by atoms with Crippen LogP contribution in [0.25, 0.3) is 0 Å². The highest BCUT2D eigenvalue weighted by Gasteiger charge is 2.39. The molecule has 0 radical (unpaired) electrons. The molecule has 0 aliphatic rings. The minimum absolute atomic E-state index is 0.0998. The van der Waals surface area contributed by atoms with E-state index < -0.39 is 50.8 Å². The number of alkyl halides is 6. The summed E-state index contributed by atoms with van der Waals surface area (Å²) in [6, 6.07) is 8.96. The van der Waals surface area contributed by atoms with Crippen molar-refractivity contribution in [3.8, 4) is 11.5 Å². The first-order chi connectivity index (χ1) is 16.7. The predicted molar refractivity (Wildman–Crippen MR) is 117 cm³/mol. The van der Waals surface area contributed by atoms with Gasteiger partial charge in [-0.1, -0.05) is 12.1 Å². The first-order valence-corrected chi connectivity index (χ1v) is 11.9. The number of hydrogen-bond donors (Lipinski definition) is 0. The van der Waals surface area contributed by atoms with Gasteiger partial charge in [0.15, 0.2) is 5.71 Å². The van der Waals surface area contributed by atoms with Gasteiger partial charge in [0.25, 0.3) is 5.78 Å². The van der Waals surface area contributed by atoms with Gasteiger partial charge in [-0.05, 0) is 55.0 Å². The number of rotatable bonds is 12. The van der Waals surface area contributed by atoms with Crippen LogP contribution in [0.5, 0.6) is 11.5 Å². The number of carbonyl (C=O) groups is 1. The van der Waals surface area contributed by atoms with E-state index in [2.05, 4.69) is 9.44 Å². The molecule has 0 N–H and O–H groups in total. The maximum Gasteiger partial charge on any atom is 0.454 e. The van der Waals surface area contributed by atoms with Crippen molar-refractivity contribution in [1.82, 2.24) is 0 Å². The summed E-state index contributed by atoms with van der Waals surface area (Å²) in [5.74, 6) is -1.99. The molecule has 0 amide bonds. The van der Waals surface area contributed by atoms with Crippen LogP contribution in [0.1, 0.15) is 35.7 Å². The van der Waals surface area contributed by atoms with Crippen molar-refractivity contribution in [2.24, 2.45) is 5.16 Å². The molecule has 0 aromatic heterocycles. The lowest BCUT2D eigenvalue weighted by Crippen LogP contribution is -2.25. The molecule has 0 heterocycles. The molecule has 0 fully saturated rings. The number of hydrogen-bond acceptors (Lipinski definition) is 7. The summed E-state index contributed by atoms with van der Waals surface area (Å²) in [6.45, 7) is 1.73. The average molecular weight is 541 g/mol. The standard InChI is InChI=1S/C22H21F6NO6S/c1-2-14-36(31,32)35-29-19(21(23,24)25)15-4-8-17(9-5-15)33-12-3-13-34-18-10-6-16(7-11-18)20(30)22(26,27)28/h4-11H,2-3,12-14H2,1H3. The fourth-order valence-electron chi connectivity index (χ4n) is 2.66. The number of oxime groups is 1. The van der Waals surface area contributed by atoms with Gasteiger partial charge < -0.3 is 9.47 Å². The number of ether oxygens (including phenoxy) is 2. The summed E-state index contributed by atoms with van der Waals surface area (Å²) < 4.78 is 115. The van der Waals surface area contributed by atoms with E-state index in [0.29, 0.717) is 6.42 Å². The number of benzene rings is 2. The van der Waals surface area contributed by atoms with E-state index in [1.54, 1.807) is 0 Å². The van der Waals surface area contributed by atoms with Crippen LogP contribution in [0.2, 0.25) is 0 Å². The molecule has 7 nitrogen and oxygen atoms in total. The molecule has 198 valence electrons. The average Bonchev–Trinajstić information content (AvgIpc) is 2.78. The predicted octanol–water partition coefficient (Wildman–Crippen LogP) is 5.30. The fourth-order valence-corrected chi connectivity index (χ4v) is 3.43. The molecule has 0 saturated heterocycles. The van der Waals surface area contributed by atoms with Crippen molar-refractivity contribution >= 4 is 21.6 Å². The maximum atomic E-state index is 13.3. The van der Waals surface area contributed by atoms with Crippen LogP contribution < -0.4 is 9.47 Å². The van der Waals surface area contributed by atoms with Gasteiger partial charge in [-0.25, -0.2) is 0 Å². The zero-order valence-corrected chi connectivity index (χ0v) is 19.5. The van der Waals surface area contributed by atoms with E-state index in [-0.39, 0.29) is 31.1 Å². The van der Waals surface area contributed by atoms with E-state index in [1.165, 1.54) is 31.2 Å². The normalized spacial score (nSPS) is 12.8. The Morgan fingerprint density at radius 2 is 1.28 bits per heavy atom. The van der Waals surface area contributed by atoms with Gasteiger partial charge in [-0.2, -0.15) is 34.8 Å². The van der Waals surface area contributed by atoms with Crippen LogP contribution in [0.3, 0.4) is 0 Å². The zero-order chi connectivity index (χ0) is 27.0. The third-order valence-corrected chi connectivity index (χ3v) is 5.50. The van der Waals surface area contributed by atoms with Crippen LogP contribution in [0.4, 0.5) is 26.3 Å². The number of nitrogens with zero attached hydrogens (tertiary/aromatic N) is 1. The highest BCUT2D eigenvalue weighted by atomic mass is 32.2. The summed E-state index contributed by atoms with van der Waals surface area (Å²) >= 11 is 0. The molecule has 0 atom stereocenters. The quantitative estimate of drug-likeness (QED) is 0.119. The van der Waals surface area contributed by atoms with E-state index in [1.807, 2.05) is 0 Å². The minimum Gasteiger partial charge on any atom is -0.493 e. The Hall–Kier alpha value is -3.29. The highest BCUT2D eigenvalue weighted by Crippen LogP contribution is 2.25. The van der Waals surface area contributed by atoms with Crippen molar-refractivity contribution in [3.63, 3.8) is 0 Å². The van der Waals surface area contributed by atoms with Crippen LogP contribution in [-0.4, -0.2) is 51.2 Å². The first-order valence-electron chi connectivity index (χ1n) is 10.4. The van der Waals surface area contributed by atoms with Gasteiger partial charge in [0.2, 0.25) is 0 Å². The van der Waals surface area contributed by atoms with Crippen molar-refractivity contribution in [2.75, 3.05) is 19.0 Å². The van der Waals surface area contributed by atoms with Gasteiger partial charge in [0.05, 0.1) is 19.0 Å². The van der Waals surface area contributed by atoms with E-state index >= 15 is 0 Å². The number of carbonyl (C=O) groups excluding carboxylic acids is 1. The molecule has 36 heavy (non-hydrogen) atoms. The Kier molecular flexibility index (Phi) is 9.73. The molecule has 2 aromatic rings. The molecule has 14 heteroatoms. The summed E-state index contributed by atoms with van der Waals surface area (Å²) in [4.78, 5) is 11.1. The topological polar surface area (TPSA) is 91.3 Å². The Labute approximate surface area is 202 Å².